The van der Waals surface area contributed by atoms with Gasteiger partial charge < -0.3 is 25.0 Å². The Morgan fingerprint density at radius 1 is 0.767 bits per heavy atom. The summed E-state index contributed by atoms with van der Waals surface area (Å²) in [6, 6.07) is 18.2. The normalized spacial score (nSPS) is 21.3. The summed E-state index contributed by atoms with van der Waals surface area (Å²) >= 11 is 0. The molecule has 0 saturated carbocycles. The van der Waals surface area contributed by atoms with Gasteiger partial charge in [-0.05, 0) is 49.2 Å². The largest absolute Gasteiger partial charge is 0.550 e. The van der Waals surface area contributed by atoms with E-state index in [1.165, 1.54) is 5.69 Å². The third-order valence-electron chi connectivity index (χ3n) is 5.97. The van der Waals surface area contributed by atoms with E-state index in [1.807, 2.05) is 36.4 Å². The smallest absolute Gasteiger partial charge is 0.228 e. The third kappa shape index (κ3) is 4.48. The average Bonchev–Trinajstić information content (AvgIpc) is 2.80. The predicted octanol–water partition coefficient (Wildman–Crippen LogP) is 2.28. The molecule has 2 aromatic rings. The maximum atomic E-state index is 12.6. The van der Waals surface area contributed by atoms with E-state index >= 15 is 0 Å². The van der Waals surface area contributed by atoms with Gasteiger partial charge in [0, 0.05) is 55.1 Å². The first-order valence-corrected chi connectivity index (χ1v) is 10.4. The van der Waals surface area contributed by atoms with Gasteiger partial charge in [0.05, 0.1) is 5.92 Å². The van der Waals surface area contributed by atoms with E-state index in [4.69, 9.17) is 0 Å². The number of rotatable bonds is 5. The van der Waals surface area contributed by atoms with Crippen LogP contribution in [-0.4, -0.2) is 38.1 Å². The summed E-state index contributed by atoms with van der Waals surface area (Å²) in [5, 5.41) is 14.2. The summed E-state index contributed by atoms with van der Waals surface area (Å²) in [5.41, 5.74) is 3.05. The number of nitrogens with one attached hydrogen (secondary N) is 1. The molecule has 0 unspecified atom stereocenters. The molecule has 1 N–H and O–H groups in total. The number of carboxylic acids is 1. The Bertz CT molecular complexity index is 903. The number of aliphatic carboxylic acids is 1. The number of piperazine rings is 1. The number of hydrogen-bond donors (Lipinski definition) is 1. The quantitative estimate of drug-likeness (QED) is 0.774. The number of hydrogen-bond acceptors (Lipinski definition) is 5. The van der Waals surface area contributed by atoms with Crippen LogP contribution in [-0.2, 0) is 9.59 Å². The Kier molecular flexibility index (Phi) is 6.02. The molecule has 1 aliphatic carbocycles. The van der Waals surface area contributed by atoms with Crippen molar-refractivity contribution in [3.05, 3.63) is 66.7 Å². The van der Waals surface area contributed by atoms with Crippen LogP contribution in [0.2, 0.25) is 0 Å². The lowest BCUT2D eigenvalue weighted by atomic mass is 9.82. The molecule has 1 heterocycles. The van der Waals surface area contributed by atoms with E-state index in [9.17, 15) is 14.7 Å². The number of carboxylic acid groups (broad SMARTS) is 1. The molecule has 1 aliphatic heterocycles. The summed E-state index contributed by atoms with van der Waals surface area (Å²) in [5.74, 6) is -2.79. The molecular weight excluding hydrogens is 378 g/mol. The van der Waals surface area contributed by atoms with Crippen molar-refractivity contribution in [2.24, 2.45) is 11.8 Å². The molecule has 2 aromatic carbocycles. The molecule has 2 aliphatic rings. The van der Waals surface area contributed by atoms with E-state index in [1.54, 1.807) is 6.08 Å². The van der Waals surface area contributed by atoms with Crippen molar-refractivity contribution in [1.29, 1.82) is 0 Å². The van der Waals surface area contributed by atoms with Crippen molar-refractivity contribution in [1.82, 2.24) is 0 Å². The van der Waals surface area contributed by atoms with Crippen LogP contribution in [0.5, 0.6) is 0 Å². The molecule has 0 radical (unpaired) electrons. The minimum Gasteiger partial charge on any atom is -0.550 e. The number of benzene rings is 2. The van der Waals surface area contributed by atoms with Gasteiger partial charge in [0.25, 0.3) is 0 Å². The molecule has 156 valence electrons. The second-order valence-corrected chi connectivity index (χ2v) is 7.82. The summed E-state index contributed by atoms with van der Waals surface area (Å²) in [6.45, 7) is 3.79. The van der Waals surface area contributed by atoms with Crippen LogP contribution >= 0.6 is 0 Å². The van der Waals surface area contributed by atoms with Crippen molar-refractivity contribution >= 4 is 28.9 Å². The highest BCUT2D eigenvalue weighted by atomic mass is 16.4. The van der Waals surface area contributed by atoms with Crippen LogP contribution in [0.1, 0.15) is 12.8 Å². The Labute approximate surface area is 176 Å². The van der Waals surface area contributed by atoms with E-state index in [0.29, 0.717) is 18.5 Å². The zero-order chi connectivity index (χ0) is 20.9. The summed E-state index contributed by atoms with van der Waals surface area (Å²) in [7, 11) is 0. The zero-order valence-corrected chi connectivity index (χ0v) is 16.9. The standard InChI is InChI=1S/C24H27N3O3/c28-23(21-8-4-5-9-22(21)24(29)30)25-18-10-12-20(13-11-18)27-16-14-26(15-17-27)19-6-2-1-3-7-19/h1-7,10-13,21-22H,8-9,14-17H2,(H,25,28)(H,29,30)/p-1/t21-,22-/m0/s1. The molecular formula is C24H26N3O3-. The van der Waals surface area contributed by atoms with Crippen molar-refractivity contribution in [3.63, 3.8) is 0 Å². The number of allylic oxidation sites excluding steroid dienone is 2. The van der Waals surface area contributed by atoms with Crippen molar-refractivity contribution in [2.45, 2.75) is 12.8 Å². The first kappa shape index (κ1) is 20.0. The molecule has 0 bridgehead atoms. The first-order chi connectivity index (χ1) is 14.6. The third-order valence-corrected chi connectivity index (χ3v) is 5.97. The van der Waals surface area contributed by atoms with Gasteiger partial charge in [0.15, 0.2) is 0 Å². The molecule has 6 heteroatoms. The highest BCUT2D eigenvalue weighted by Crippen LogP contribution is 2.27. The average molecular weight is 404 g/mol. The Balaban J connectivity index is 1.34. The van der Waals surface area contributed by atoms with Gasteiger partial charge in [-0.15, -0.1) is 0 Å². The second-order valence-electron chi connectivity index (χ2n) is 7.82. The number of amides is 1. The van der Waals surface area contributed by atoms with Crippen LogP contribution in [0.4, 0.5) is 17.1 Å². The molecule has 1 fully saturated rings. The zero-order valence-electron chi connectivity index (χ0n) is 16.9. The second kappa shape index (κ2) is 9.03. The molecule has 1 saturated heterocycles. The van der Waals surface area contributed by atoms with E-state index in [0.717, 1.165) is 31.9 Å². The number of carbonyl (C=O) groups excluding carboxylic acids is 2. The summed E-state index contributed by atoms with van der Waals surface area (Å²) < 4.78 is 0. The molecule has 1 amide bonds. The van der Waals surface area contributed by atoms with Crippen molar-refractivity contribution in [2.75, 3.05) is 41.3 Å². The first-order valence-electron chi connectivity index (χ1n) is 10.4. The Morgan fingerprint density at radius 3 is 1.87 bits per heavy atom. The lowest BCUT2D eigenvalue weighted by molar-refractivity contribution is -0.313. The van der Waals surface area contributed by atoms with Crippen LogP contribution in [0.3, 0.4) is 0 Å². The Morgan fingerprint density at radius 2 is 1.30 bits per heavy atom. The molecule has 0 aromatic heterocycles. The molecule has 2 atom stereocenters. The summed E-state index contributed by atoms with van der Waals surface area (Å²) in [4.78, 5) is 28.6. The highest BCUT2D eigenvalue weighted by Gasteiger charge is 2.29. The van der Waals surface area contributed by atoms with E-state index in [2.05, 4.69) is 39.4 Å². The molecule has 6 nitrogen and oxygen atoms in total. The SMILES string of the molecule is O=C([O-])[C@H]1CC=CC[C@@H]1C(=O)Nc1ccc(N2CCN(c3ccccc3)CC2)cc1. The van der Waals surface area contributed by atoms with Gasteiger partial charge in [-0.25, -0.2) is 0 Å². The van der Waals surface area contributed by atoms with Crippen molar-refractivity contribution in [3.8, 4) is 0 Å². The van der Waals surface area contributed by atoms with Crippen molar-refractivity contribution < 1.29 is 14.7 Å². The topological polar surface area (TPSA) is 75.7 Å². The van der Waals surface area contributed by atoms with Gasteiger partial charge in [-0.3, -0.25) is 4.79 Å². The molecule has 30 heavy (non-hydrogen) atoms. The lowest BCUT2D eigenvalue weighted by Crippen LogP contribution is -2.46. The van der Waals surface area contributed by atoms with Gasteiger partial charge in [0.2, 0.25) is 5.91 Å². The minimum absolute atomic E-state index is 0.266. The summed E-state index contributed by atoms with van der Waals surface area (Å²) in [6.07, 6.45) is 4.43. The maximum Gasteiger partial charge on any atom is 0.228 e. The number of para-hydroxylation sites is 1. The maximum absolute atomic E-state index is 12.6. The van der Waals surface area contributed by atoms with Gasteiger partial charge in [-0.1, -0.05) is 30.4 Å². The van der Waals surface area contributed by atoms with Gasteiger partial charge in [-0.2, -0.15) is 0 Å². The van der Waals surface area contributed by atoms with Gasteiger partial charge in [0.1, 0.15) is 0 Å². The van der Waals surface area contributed by atoms with E-state index < -0.39 is 17.8 Å². The molecule has 0 spiro atoms. The fourth-order valence-corrected chi connectivity index (χ4v) is 4.22. The monoisotopic (exact) mass is 404 g/mol. The highest BCUT2D eigenvalue weighted by molar-refractivity contribution is 5.95. The Hall–Kier alpha value is -3.28. The van der Waals surface area contributed by atoms with Crippen LogP contribution in [0.15, 0.2) is 66.7 Å². The predicted molar refractivity (Wildman–Crippen MR) is 116 cm³/mol. The number of anilines is 3. The fraction of sp³-hybridized carbons (Fsp3) is 0.333. The van der Waals surface area contributed by atoms with Crippen LogP contribution in [0, 0.1) is 11.8 Å². The van der Waals surface area contributed by atoms with Crippen LogP contribution in [0.25, 0.3) is 0 Å². The minimum atomic E-state index is -1.16. The molecule has 4 rings (SSSR count). The lowest BCUT2D eigenvalue weighted by Gasteiger charge is -2.37. The van der Waals surface area contributed by atoms with Gasteiger partial charge >= 0.3 is 0 Å². The number of nitrogens with zero attached hydrogens (tertiary/aromatic N) is 2. The van der Waals surface area contributed by atoms with Crippen LogP contribution < -0.4 is 20.2 Å². The number of carbonyl (C=O) groups is 2. The van der Waals surface area contributed by atoms with E-state index in [-0.39, 0.29) is 5.91 Å². The fourth-order valence-electron chi connectivity index (χ4n) is 4.22.